The molecule has 2 aliphatic heterocycles. The zero-order chi connectivity index (χ0) is 20.4. The number of hydrogen-bond donors (Lipinski definition) is 2. The van der Waals surface area contributed by atoms with E-state index in [1.54, 1.807) is 12.4 Å². The lowest BCUT2D eigenvalue weighted by Crippen LogP contribution is -2.48. The topological polar surface area (TPSA) is 84.4 Å². The SMILES string of the molecule is Cc1n[nH]c(C)c1C(C)N1CCN(c2nccnc2N2CCC(CO)CC2)CC1.Cl. The van der Waals surface area contributed by atoms with Crippen LogP contribution in [0.4, 0.5) is 11.6 Å². The third-order valence-electron chi connectivity index (χ3n) is 6.60. The van der Waals surface area contributed by atoms with Crippen LogP contribution in [0, 0.1) is 19.8 Å². The maximum absolute atomic E-state index is 9.41. The molecule has 30 heavy (non-hydrogen) atoms. The molecule has 1 unspecified atom stereocenters. The minimum absolute atomic E-state index is 0. The molecule has 4 rings (SSSR count). The lowest BCUT2D eigenvalue weighted by atomic mass is 9.98. The molecule has 1 atom stereocenters. The number of H-pyrrole nitrogens is 1. The van der Waals surface area contributed by atoms with Crippen LogP contribution in [0.1, 0.15) is 42.8 Å². The van der Waals surface area contributed by atoms with E-state index in [1.807, 2.05) is 0 Å². The van der Waals surface area contributed by atoms with E-state index in [-0.39, 0.29) is 19.0 Å². The van der Waals surface area contributed by atoms with Gasteiger partial charge in [0.1, 0.15) is 0 Å². The number of aliphatic hydroxyl groups is 1. The average molecular weight is 436 g/mol. The van der Waals surface area contributed by atoms with E-state index in [2.05, 4.69) is 50.7 Å². The molecule has 2 aromatic rings. The summed E-state index contributed by atoms with van der Waals surface area (Å²) in [5, 5.41) is 16.9. The molecule has 0 aromatic carbocycles. The van der Waals surface area contributed by atoms with Crippen LogP contribution in [0.15, 0.2) is 12.4 Å². The van der Waals surface area contributed by atoms with Crippen LogP contribution in [0.25, 0.3) is 0 Å². The van der Waals surface area contributed by atoms with Crippen LogP contribution in [-0.2, 0) is 0 Å². The summed E-state index contributed by atoms with van der Waals surface area (Å²) in [7, 11) is 0. The van der Waals surface area contributed by atoms with Crippen molar-refractivity contribution >= 4 is 24.0 Å². The van der Waals surface area contributed by atoms with Crippen LogP contribution >= 0.6 is 12.4 Å². The van der Waals surface area contributed by atoms with Crippen LogP contribution < -0.4 is 9.80 Å². The summed E-state index contributed by atoms with van der Waals surface area (Å²) in [6, 6.07) is 0.356. The van der Waals surface area contributed by atoms with Crippen LogP contribution in [-0.4, -0.2) is 76.0 Å². The molecular weight excluding hydrogens is 402 g/mol. The summed E-state index contributed by atoms with van der Waals surface area (Å²) in [6.07, 6.45) is 5.62. The first kappa shape index (κ1) is 22.8. The molecule has 0 saturated carbocycles. The molecule has 2 aliphatic rings. The summed E-state index contributed by atoms with van der Waals surface area (Å²) in [6.45, 7) is 12.5. The molecule has 166 valence electrons. The van der Waals surface area contributed by atoms with Crippen molar-refractivity contribution in [1.82, 2.24) is 25.1 Å². The summed E-state index contributed by atoms with van der Waals surface area (Å²) in [5.74, 6) is 2.41. The fourth-order valence-corrected chi connectivity index (χ4v) is 4.78. The average Bonchev–Trinajstić information content (AvgIpc) is 3.11. The van der Waals surface area contributed by atoms with Gasteiger partial charge in [-0.3, -0.25) is 10.00 Å². The molecule has 0 radical (unpaired) electrons. The first-order valence-corrected chi connectivity index (χ1v) is 10.8. The molecule has 9 heteroatoms. The highest BCUT2D eigenvalue weighted by molar-refractivity contribution is 5.85. The van der Waals surface area contributed by atoms with E-state index in [4.69, 9.17) is 4.98 Å². The number of aliphatic hydroxyl groups excluding tert-OH is 1. The fraction of sp³-hybridized carbons (Fsp3) is 0.667. The number of piperazine rings is 1. The van der Waals surface area contributed by atoms with E-state index in [0.717, 1.165) is 69.4 Å². The van der Waals surface area contributed by atoms with Gasteiger partial charge in [0.05, 0.1) is 5.69 Å². The van der Waals surface area contributed by atoms with E-state index < -0.39 is 0 Å². The third-order valence-corrected chi connectivity index (χ3v) is 6.60. The Morgan fingerprint density at radius 3 is 2.07 bits per heavy atom. The number of anilines is 2. The number of rotatable bonds is 5. The third kappa shape index (κ3) is 4.55. The minimum Gasteiger partial charge on any atom is -0.396 e. The minimum atomic E-state index is 0. The van der Waals surface area contributed by atoms with Gasteiger partial charge < -0.3 is 14.9 Å². The van der Waals surface area contributed by atoms with Gasteiger partial charge in [-0.2, -0.15) is 5.10 Å². The number of aryl methyl sites for hydroxylation is 2. The number of aromatic nitrogens is 4. The highest BCUT2D eigenvalue weighted by Crippen LogP contribution is 2.31. The van der Waals surface area contributed by atoms with E-state index in [1.165, 1.54) is 11.3 Å². The monoisotopic (exact) mass is 435 g/mol. The molecule has 2 fully saturated rings. The Balaban J connectivity index is 0.00000256. The molecule has 0 bridgehead atoms. The summed E-state index contributed by atoms with van der Waals surface area (Å²) >= 11 is 0. The molecule has 0 aliphatic carbocycles. The van der Waals surface area contributed by atoms with Gasteiger partial charge in [-0.05, 0) is 39.5 Å². The Morgan fingerprint density at radius 2 is 1.57 bits per heavy atom. The predicted molar refractivity (Wildman–Crippen MR) is 122 cm³/mol. The second-order valence-corrected chi connectivity index (χ2v) is 8.36. The maximum atomic E-state index is 9.41. The van der Waals surface area contributed by atoms with Gasteiger partial charge in [0.25, 0.3) is 0 Å². The van der Waals surface area contributed by atoms with Crippen molar-refractivity contribution in [2.45, 2.75) is 39.7 Å². The highest BCUT2D eigenvalue weighted by Gasteiger charge is 2.29. The molecule has 0 amide bonds. The Morgan fingerprint density at radius 1 is 1.00 bits per heavy atom. The van der Waals surface area contributed by atoms with Crippen LogP contribution in [0.2, 0.25) is 0 Å². The van der Waals surface area contributed by atoms with Crippen LogP contribution in [0.3, 0.4) is 0 Å². The number of nitrogens with one attached hydrogen (secondary N) is 1. The number of hydrogen-bond acceptors (Lipinski definition) is 7. The summed E-state index contributed by atoms with van der Waals surface area (Å²) in [5.41, 5.74) is 3.59. The van der Waals surface area contributed by atoms with Gasteiger partial charge >= 0.3 is 0 Å². The van der Waals surface area contributed by atoms with Gasteiger partial charge in [0.15, 0.2) is 11.6 Å². The summed E-state index contributed by atoms with van der Waals surface area (Å²) < 4.78 is 0. The first-order valence-electron chi connectivity index (χ1n) is 10.8. The standard InChI is InChI=1S/C21H33N7O.ClH/c1-15-19(16(2)25-24-15)17(3)26-10-12-28(13-11-26)21-20(22-6-7-23-21)27-8-4-18(14-29)5-9-27;/h6-7,17-18,29H,4-5,8-14H2,1-3H3,(H,24,25);1H. The number of halogens is 1. The van der Waals surface area contributed by atoms with Crippen molar-refractivity contribution < 1.29 is 5.11 Å². The largest absolute Gasteiger partial charge is 0.396 e. The van der Waals surface area contributed by atoms with Gasteiger partial charge in [-0.1, -0.05) is 0 Å². The van der Waals surface area contributed by atoms with Crippen molar-refractivity contribution in [3.8, 4) is 0 Å². The number of nitrogens with zero attached hydrogens (tertiary/aromatic N) is 6. The van der Waals surface area contributed by atoms with Crippen molar-refractivity contribution in [1.29, 1.82) is 0 Å². The number of aromatic amines is 1. The second-order valence-electron chi connectivity index (χ2n) is 8.36. The Hall–Kier alpha value is -1.90. The van der Waals surface area contributed by atoms with Crippen molar-refractivity contribution in [3.63, 3.8) is 0 Å². The predicted octanol–water partition coefficient (Wildman–Crippen LogP) is 2.33. The Labute approximate surface area is 185 Å². The maximum Gasteiger partial charge on any atom is 0.172 e. The van der Waals surface area contributed by atoms with Gasteiger partial charge in [-0.15, -0.1) is 12.4 Å². The molecule has 2 N–H and O–H groups in total. The number of piperidine rings is 1. The lowest BCUT2D eigenvalue weighted by Gasteiger charge is -2.40. The van der Waals surface area contributed by atoms with E-state index in [9.17, 15) is 5.11 Å². The van der Waals surface area contributed by atoms with Gasteiger partial charge in [-0.25, -0.2) is 9.97 Å². The molecular formula is C21H34ClN7O. The Kier molecular flexibility index (Phi) is 7.55. The molecule has 2 aromatic heterocycles. The van der Waals surface area contributed by atoms with Gasteiger partial charge in [0.2, 0.25) is 0 Å². The zero-order valence-corrected chi connectivity index (χ0v) is 19.0. The molecule has 0 spiro atoms. The normalized spacial score (nSPS) is 19.6. The fourth-order valence-electron chi connectivity index (χ4n) is 4.78. The highest BCUT2D eigenvalue weighted by atomic mass is 35.5. The second kappa shape index (κ2) is 9.94. The lowest BCUT2D eigenvalue weighted by molar-refractivity contribution is 0.197. The first-order chi connectivity index (χ1) is 14.1. The van der Waals surface area contributed by atoms with Crippen molar-refractivity contribution in [3.05, 3.63) is 29.3 Å². The molecule has 8 nitrogen and oxygen atoms in total. The smallest absolute Gasteiger partial charge is 0.172 e. The van der Waals surface area contributed by atoms with E-state index >= 15 is 0 Å². The van der Waals surface area contributed by atoms with E-state index in [0.29, 0.717) is 12.0 Å². The van der Waals surface area contributed by atoms with Crippen LogP contribution in [0.5, 0.6) is 0 Å². The Bertz CT molecular complexity index is 794. The quantitative estimate of drug-likeness (QED) is 0.745. The molecule has 4 heterocycles. The van der Waals surface area contributed by atoms with Crippen molar-refractivity contribution in [2.75, 3.05) is 55.7 Å². The summed E-state index contributed by atoms with van der Waals surface area (Å²) in [4.78, 5) is 16.6. The zero-order valence-electron chi connectivity index (χ0n) is 18.2. The van der Waals surface area contributed by atoms with Gasteiger partial charge in [0, 0.05) is 75.6 Å². The molecule has 2 saturated heterocycles. The van der Waals surface area contributed by atoms with Crippen molar-refractivity contribution in [2.24, 2.45) is 5.92 Å².